The lowest BCUT2D eigenvalue weighted by atomic mass is 10.1. The molecule has 0 saturated carbocycles. The third kappa shape index (κ3) is 3.13. The Morgan fingerprint density at radius 3 is 2.63 bits per heavy atom. The van der Waals surface area contributed by atoms with Gasteiger partial charge in [0.15, 0.2) is 0 Å². The lowest BCUT2D eigenvalue weighted by molar-refractivity contribution is -0.120. The van der Waals surface area contributed by atoms with Crippen molar-refractivity contribution in [3.8, 4) is 10.4 Å². The first-order valence-electron chi connectivity index (χ1n) is 5.91. The summed E-state index contributed by atoms with van der Waals surface area (Å²) in [6, 6.07) is 9.59. The number of hydrogen-bond acceptors (Lipinski definition) is 4. The van der Waals surface area contributed by atoms with E-state index in [4.69, 9.17) is 11.5 Å². The first kappa shape index (κ1) is 13.6. The van der Waals surface area contributed by atoms with Gasteiger partial charge in [0.1, 0.15) is 0 Å². The molecule has 0 atom stereocenters. The van der Waals surface area contributed by atoms with Crippen molar-refractivity contribution in [2.24, 2.45) is 5.73 Å². The lowest BCUT2D eigenvalue weighted by Crippen LogP contribution is -2.45. The molecule has 2 rings (SSSR count). The quantitative estimate of drug-likeness (QED) is 0.753. The molecule has 5 heteroatoms. The van der Waals surface area contributed by atoms with Gasteiger partial charge in [-0.1, -0.05) is 12.1 Å². The summed E-state index contributed by atoms with van der Waals surface area (Å²) in [6.45, 7) is 3.31. The summed E-state index contributed by atoms with van der Waals surface area (Å²) in [5.41, 5.74) is 12.8. The van der Waals surface area contributed by atoms with Crippen molar-refractivity contribution in [2.75, 3.05) is 11.1 Å². The number of thiophene rings is 1. The van der Waals surface area contributed by atoms with Crippen LogP contribution in [0.5, 0.6) is 0 Å². The molecule has 0 saturated heterocycles. The topological polar surface area (TPSA) is 81.1 Å². The zero-order valence-electron chi connectivity index (χ0n) is 10.9. The van der Waals surface area contributed by atoms with Gasteiger partial charge < -0.3 is 16.8 Å². The van der Waals surface area contributed by atoms with Gasteiger partial charge in [-0.15, -0.1) is 11.3 Å². The number of anilines is 2. The largest absolute Gasteiger partial charge is 0.397 e. The van der Waals surface area contributed by atoms with Gasteiger partial charge in [-0.05, 0) is 43.0 Å². The predicted molar refractivity (Wildman–Crippen MR) is 81.1 cm³/mol. The molecule has 100 valence electrons. The van der Waals surface area contributed by atoms with Gasteiger partial charge in [0.2, 0.25) is 5.91 Å². The summed E-state index contributed by atoms with van der Waals surface area (Å²) >= 11 is 1.64. The van der Waals surface area contributed by atoms with Gasteiger partial charge in [0.25, 0.3) is 0 Å². The fourth-order valence-electron chi connectivity index (χ4n) is 1.54. The summed E-state index contributed by atoms with van der Waals surface area (Å²) < 4.78 is 0. The molecule has 4 nitrogen and oxygen atoms in total. The van der Waals surface area contributed by atoms with Crippen molar-refractivity contribution >= 4 is 28.6 Å². The Morgan fingerprint density at radius 1 is 1.32 bits per heavy atom. The number of amides is 1. The van der Waals surface area contributed by atoms with Gasteiger partial charge in [0, 0.05) is 4.88 Å². The fraction of sp³-hybridized carbons (Fsp3) is 0.214. The average molecular weight is 275 g/mol. The molecule has 5 N–H and O–H groups in total. The molecule has 0 fully saturated rings. The van der Waals surface area contributed by atoms with Gasteiger partial charge in [-0.25, -0.2) is 0 Å². The van der Waals surface area contributed by atoms with Crippen LogP contribution in [0.15, 0.2) is 35.7 Å². The van der Waals surface area contributed by atoms with Crippen molar-refractivity contribution in [1.82, 2.24) is 0 Å². The summed E-state index contributed by atoms with van der Waals surface area (Å²) in [6.07, 6.45) is 0. The van der Waals surface area contributed by atoms with E-state index in [2.05, 4.69) is 5.32 Å². The number of nitrogens with two attached hydrogens (primary N) is 2. The Labute approximate surface area is 116 Å². The summed E-state index contributed by atoms with van der Waals surface area (Å²) in [7, 11) is 0. The van der Waals surface area contributed by atoms with Crippen LogP contribution in [0.4, 0.5) is 11.4 Å². The zero-order chi connectivity index (χ0) is 14.0. The number of benzene rings is 1. The Balaban J connectivity index is 2.31. The van der Waals surface area contributed by atoms with Crippen LogP contribution in [0, 0.1) is 0 Å². The van der Waals surface area contributed by atoms with E-state index in [1.807, 2.05) is 29.6 Å². The minimum Gasteiger partial charge on any atom is -0.397 e. The Bertz CT molecular complexity index is 585. The molecular formula is C14H17N3OS. The van der Waals surface area contributed by atoms with Crippen LogP contribution in [0.2, 0.25) is 0 Å². The standard InChI is InChI=1S/C14H17N3OS/c1-14(2,16)13(18)17-11-8-9(5-6-10(11)15)12-4-3-7-19-12/h3-8H,15-16H2,1-2H3,(H,17,18). The molecule has 0 spiro atoms. The molecule has 0 aliphatic carbocycles. The van der Waals surface area contributed by atoms with E-state index in [-0.39, 0.29) is 5.91 Å². The molecule has 19 heavy (non-hydrogen) atoms. The van der Waals surface area contributed by atoms with Crippen LogP contribution in [-0.4, -0.2) is 11.4 Å². The number of nitrogen functional groups attached to an aromatic ring is 1. The Hall–Kier alpha value is -1.85. The van der Waals surface area contributed by atoms with Crippen molar-refractivity contribution in [3.63, 3.8) is 0 Å². The Morgan fingerprint density at radius 2 is 2.05 bits per heavy atom. The second-order valence-electron chi connectivity index (χ2n) is 4.96. The SMILES string of the molecule is CC(C)(N)C(=O)Nc1cc(-c2cccs2)ccc1N. The molecule has 1 amide bonds. The summed E-state index contributed by atoms with van der Waals surface area (Å²) in [4.78, 5) is 13.0. The fourth-order valence-corrected chi connectivity index (χ4v) is 2.27. The van der Waals surface area contributed by atoms with Gasteiger partial charge in [-0.2, -0.15) is 0 Å². The third-order valence-corrected chi connectivity index (χ3v) is 3.61. The minimum atomic E-state index is -0.939. The van der Waals surface area contributed by atoms with Crippen LogP contribution in [-0.2, 0) is 4.79 Å². The maximum Gasteiger partial charge on any atom is 0.243 e. The van der Waals surface area contributed by atoms with E-state index in [1.165, 1.54) is 0 Å². The zero-order valence-corrected chi connectivity index (χ0v) is 11.8. The molecule has 0 bridgehead atoms. The van der Waals surface area contributed by atoms with E-state index < -0.39 is 5.54 Å². The second-order valence-corrected chi connectivity index (χ2v) is 5.90. The minimum absolute atomic E-state index is 0.262. The van der Waals surface area contributed by atoms with E-state index in [9.17, 15) is 4.79 Å². The predicted octanol–water partition coefficient (Wildman–Crippen LogP) is 2.67. The molecule has 0 unspecified atom stereocenters. The van der Waals surface area contributed by atoms with Crippen LogP contribution in [0.25, 0.3) is 10.4 Å². The highest BCUT2D eigenvalue weighted by atomic mass is 32.1. The van der Waals surface area contributed by atoms with E-state index >= 15 is 0 Å². The van der Waals surface area contributed by atoms with Crippen LogP contribution in [0.3, 0.4) is 0 Å². The van der Waals surface area contributed by atoms with Crippen LogP contribution in [0.1, 0.15) is 13.8 Å². The van der Waals surface area contributed by atoms with Crippen molar-refractivity contribution < 1.29 is 4.79 Å². The van der Waals surface area contributed by atoms with Crippen LogP contribution >= 0.6 is 11.3 Å². The summed E-state index contributed by atoms with van der Waals surface area (Å²) in [5.74, 6) is -0.262. The molecule has 1 aromatic heterocycles. The molecule has 1 aromatic carbocycles. The molecule has 1 heterocycles. The first-order chi connectivity index (χ1) is 8.88. The molecular weight excluding hydrogens is 258 g/mol. The van der Waals surface area contributed by atoms with Crippen molar-refractivity contribution in [1.29, 1.82) is 0 Å². The maximum atomic E-state index is 11.9. The monoisotopic (exact) mass is 275 g/mol. The third-order valence-electron chi connectivity index (χ3n) is 2.69. The van der Waals surface area contributed by atoms with Crippen molar-refractivity contribution in [3.05, 3.63) is 35.7 Å². The van der Waals surface area contributed by atoms with Gasteiger partial charge in [0.05, 0.1) is 16.9 Å². The normalized spacial score (nSPS) is 11.3. The molecule has 0 aliphatic heterocycles. The second kappa shape index (κ2) is 5.03. The first-order valence-corrected chi connectivity index (χ1v) is 6.79. The van der Waals surface area contributed by atoms with E-state index in [0.717, 1.165) is 10.4 Å². The van der Waals surface area contributed by atoms with E-state index in [1.54, 1.807) is 31.3 Å². The van der Waals surface area contributed by atoms with Crippen molar-refractivity contribution in [2.45, 2.75) is 19.4 Å². The number of hydrogen-bond donors (Lipinski definition) is 3. The summed E-state index contributed by atoms with van der Waals surface area (Å²) in [5, 5.41) is 4.78. The number of carbonyl (C=O) groups is 1. The smallest absolute Gasteiger partial charge is 0.243 e. The average Bonchev–Trinajstić information content (AvgIpc) is 2.84. The number of rotatable bonds is 3. The van der Waals surface area contributed by atoms with Crippen LogP contribution < -0.4 is 16.8 Å². The van der Waals surface area contributed by atoms with E-state index in [0.29, 0.717) is 11.4 Å². The highest BCUT2D eigenvalue weighted by Crippen LogP contribution is 2.30. The van der Waals surface area contributed by atoms with Gasteiger partial charge >= 0.3 is 0 Å². The number of carbonyl (C=O) groups excluding carboxylic acids is 1. The molecule has 0 aliphatic rings. The lowest BCUT2D eigenvalue weighted by Gasteiger charge is -2.19. The molecule has 0 radical (unpaired) electrons. The van der Waals surface area contributed by atoms with Gasteiger partial charge in [-0.3, -0.25) is 4.79 Å². The number of nitrogens with one attached hydrogen (secondary N) is 1. The maximum absolute atomic E-state index is 11.9. The highest BCUT2D eigenvalue weighted by Gasteiger charge is 2.22. The Kier molecular flexibility index (Phi) is 3.59. The molecule has 2 aromatic rings. The highest BCUT2D eigenvalue weighted by molar-refractivity contribution is 7.13.